The fraction of sp³-hybridized carbons (Fsp3) is 0.206. The topological polar surface area (TPSA) is 81.3 Å². The van der Waals surface area contributed by atoms with Crippen LogP contribution in [0.5, 0.6) is 0 Å². The molecule has 0 atom stereocenters. The van der Waals surface area contributed by atoms with Crippen LogP contribution >= 0.6 is 0 Å². The summed E-state index contributed by atoms with van der Waals surface area (Å²) in [4.78, 5) is 14.7. The highest BCUT2D eigenvalue weighted by Crippen LogP contribution is 2.29. The van der Waals surface area contributed by atoms with E-state index in [-0.39, 0.29) is 0 Å². The molecule has 6 nitrogen and oxygen atoms in total. The second kappa shape index (κ2) is 10.6. The first kappa shape index (κ1) is 26.9. The molecule has 0 unspecified atom stereocenters. The number of allylic oxidation sites excluding steroid dienone is 2. The Bertz CT molecular complexity index is 1810. The average Bonchev–Trinajstić information content (AvgIpc) is 3.15. The van der Waals surface area contributed by atoms with E-state index in [9.17, 15) is 5.11 Å². The van der Waals surface area contributed by atoms with Crippen molar-refractivity contribution >= 4 is 36.1 Å². The van der Waals surface area contributed by atoms with Gasteiger partial charge in [0.1, 0.15) is 11.0 Å². The molecule has 41 heavy (non-hydrogen) atoms. The summed E-state index contributed by atoms with van der Waals surface area (Å²) in [5.41, 5.74) is 2.94. The molecule has 1 N–H and O–H groups in total. The van der Waals surface area contributed by atoms with E-state index in [1.807, 2.05) is 92.7 Å². The second-order valence-corrected chi connectivity index (χ2v) is 11.2. The minimum atomic E-state index is -1.06. The molecule has 1 aliphatic carbocycles. The monoisotopic (exact) mass is 540 g/mol. The number of nitrogens with zero attached hydrogens (tertiary/aromatic N) is 3. The lowest BCUT2D eigenvalue weighted by atomic mass is 9.81. The highest BCUT2D eigenvalue weighted by Gasteiger charge is 2.36. The van der Waals surface area contributed by atoms with Crippen molar-refractivity contribution < 1.29 is 14.2 Å². The molecule has 0 saturated carbocycles. The minimum absolute atomic E-state index is 0.499. The Morgan fingerprint density at radius 2 is 1.44 bits per heavy atom. The molecule has 7 heteroatoms. The molecule has 2 aromatic heterocycles. The van der Waals surface area contributed by atoms with Gasteiger partial charge in [-0.25, -0.2) is 15.0 Å². The molecule has 1 aliphatic rings. The van der Waals surface area contributed by atoms with Crippen LogP contribution in [0, 0.1) is 0 Å². The Morgan fingerprint density at radius 3 is 2.05 bits per heavy atom. The standard InChI is InChI=1S/C34H31BN3O3/c1-33(2,39)34(3,4)41-35-24-20-26-25-18-12-7-13-19-28(25)40-29(26)27(21-24)32-37-30(22-14-8-5-9-15-22)36-31(38-32)23-16-10-6-11-17-23/h5-12,14-21,39H,13H2,1-4H3. The van der Waals surface area contributed by atoms with Crippen molar-refractivity contribution in [3.05, 3.63) is 95.6 Å². The predicted octanol–water partition coefficient (Wildman–Crippen LogP) is 4.95. The molecule has 0 saturated heterocycles. The third-order valence-corrected chi connectivity index (χ3v) is 7.62. The van der Waals surface area contributed by atoms with Crippen LogP contribution < -0.4 is 16.1 Å². The largest absolute Gasteiger partial charge is 0.456 e. The van der Waals surface area contributed by atoms with Crippen LogP contribution in [0.2, 0.25) is 0 Å². The molecule has 5 aromatic rings. The SMILES string of the molecule is CC(C)(O)C(C)(C)O[B]c1cc(-c2nc(-c3ccccc3)nc(-c3ccccc3)n2)c2oc3c(c2c1)=CC=CCC=3. The summed E-state index contributed by atoms with van der Waals surface area (Å²) in [5.74, 6) is 1.65. The molecule has 0 aliphatic heterocycles. The van der Waals surface area contributed by atoms with E-state index >= 15 is 0 Å². The summed E-state index contributed by atoms with van der Waals surface area (Å²) in [5, 5.41) is 12.6. The quantitative estimate of drug-likeness (QED) is 0.294. The molecule has 0 amide bonds. The van der Waals surface area contributed by atoms with Crippen molar-refractivity contribution in [3.63, 3.8) is 0 Å². The number of benzene rings is 3. The van der Waals surface area contributed by atoms with Gasteiger partial charge in [0.2, 0.25) is 0 Å². The minimum Gasteiger partial charge on any atom is -0.456 e. The van der Waals surface area contributed by atoms with Gasteiger partial charge in [-0.1, -0.05) is 96.5 Å². The van der Waals surface area contributed by atoms with Crippen LogP contribution in [0.4, 0.5) is 0 Å². The van der Waals surface area contributed by atoms with Gasteiger partial charge in [0.15, 0.2) is 17.5 Å². The van der Waals surface area contributed by atoms with E-state index in [2.05, 4.69) is 18.2 Å². The number of fused-ring (bicyclic) bond motifs is 3. The first-order chi connectivity index (χ1) is 19.7. The zero-order chi connectivity index (χ0) is 28.6. The van der Waals surface area contributed by atoms with E-state index in [0.29, 0.717) is 23.1 Å². The Morgan fingerprint density at radius 1 is 0.829 bits per heavy atom. The molecule has 0 fully saturated rings. The molecule has 0 bridgehead atoms. The van der Waals surface area contributed by atoms with Crippen LogP contribution in [0.15, 0.2) is 89.4 Å². The number of hydrogen-bond acceptors (Lipinski definition) is 6. The molecule has 3 aromatic carbocycles. The van der Waals surface area contributed by atoms with E-state index in [4.69, 9.17) is 24.0 Å². The van der Waals surface area contributed by atoms with Gasteiger partial charge in [-0.2, -0.15) is 0 Å². The van der Waals surface area contributed by atoms with Crippen LogP contribution in [0.3, 0.4) is 0 Å². The number of aromatic nitrogens is 3. The van der Waals surface area contributed by atoms with Crippen LogP contribution in [0.1, 0.15) is 34.1 Å². The summed E-state index contributed by atoms with van der Waals surface area (Å²) in [6.07, 6.45) is 9.07. The first-order valence-corrected chi connectivity index (χ1v) is 13.7. The summed E-state index contributed by atoms with van der Waals surface area (Å²) in [6, 6.07) is 23.8. The van der Waals surface area contributed by atoms with Crippen LogP contribution in [-0.2, 0) is 4.65 Å². The van der Waals surface area contributed by atoms with Crippen molar-refractivity contribution in [2.75, 3.05) is 0 Å². The molecule has 0 spiro atoms. The Hall–Kier alpha value is -4.33. The maximum atomic E-state index is 10.7. The van der Waals surface area contributed by atoms with Crippen molar-refractivity contribution in [2.45, 2.75) is 45.3 Å². The maximum Gasteiger partial charge on any atom is 0.330 e. The second-order valence-electron chi connectivity index (χ2n) is 11.2. The van der Waals surface area contributed by atoms with E-state index in [1.54, 1.807) is 21.3 Å². The maximum absolute atomic E-state index is 10.7. The average molecular weight is 540 g/mol. The molecular formula is C34H31BN3O3. The van der Waals surface area contributed by atoms with Crippen molar-refractivity contribution in [1.82, 2.24) is 15.0 Å². The summed E-state index contributed by atoms with van der Waals surface area (Å²) in [6.45, 7) is 7.21. The van der Waals surface area contributed by atoms with Crippen molar-refractivity contribution in [3.8, 4) is 34.2 Å². The van der Waals surface area contributed by atoms with Gasteiger partial charge in [0.05, 0.1) is 16.8 Å². The Kier molecular flexibility index (Phi) is 6.93. The third kappa shape index (κ3) is 5.39. The Balaban J connectivity index is 1.59. The van der Waals surface area contributed by atoms with Gasteiger partial charge in [0, 0.05) is 21.7 Å². The zero-order valence-electron chi connectivity index (χ0n) is 23.6. The van der Waals surface area contributed by atoms with Crippen LogP contribution in [-0.4, -0.2) is 38.7 Å². The number of aliphatic hydroxyl groups is 1. The lowest BCUT2D eigenvalue weighted by Crippen LogP contribution is -2.49. The van der Waals surface area contributed by atoms with E-state index in [0.717, 1.165) is 44.6 Å². The normalized spacial score (nSPS) is 13.3. The fourth-order valence-electron chi connectivity index (χ4n) is 4.52. The van der Waals surface area contributed by atoms with Gasteiger partial charge >= 0.3 is 7.48 Å². The lowest BCUT2D eigenvalue weighted by molar-refractivity contribution is -0.0893. The Labute approximate surface area is 240 Å². The van der Waals surface area contributed by atoms with Crippen molar-refractivity contribution in [1.29, 1.82) is 0 Å². The summed E-state index contributed by atoms with van der Waals surface area (Å²) >= 11 is 0. The fourth-order valence-corrected chi connectivity index (χ4v) is 4.52. The molecule has 6 rings (SSSR count). The smallest absolute Gasteiger partial charge is 0.330 e. The highest BCUT2D eigenvalue weighted by atomic mass is 16.5. The third-order valence-electron chi connectivity index (χ3n) is 7.62. The van der Waals surface area contributed by atoms with Crippen LogP contribution in [0.25, 0.3) is 57.3 Å². The van der Waals surface area contributed by atoms with Gasteiger partial charge in [0.25, 0.3) is 0 Å². The number of rotatable bonds is 7. The van der Waals surface area contributed by atoms with Gasteiger partial charge in [-0.05, 0) is 40.2 Å². The molecule has 1 radical (unpaired) electrons. The molecule has 203 valence electrons. The zero-order valence-corrected chi connectivity index (χ0v) is 23.6. The summed E-state index contributed by atoms with van der Waals surface area (Å²) < 4.78 is 12.6. The van der Waals surface area contributed by atoms with Crippen molar-refractivity contribution in [2.24, 2.45) is 0 Å². The lowest BCUT2D eigenvalue weighted by Gasteiger charge is -2.37. The molecule has 2 heterocycles. The number of hydrogen-bond donors (Lipinski definition) is 1. The van der Waals surface area contributed by atoms with Gasteiger partial charge < -0.3 is 14.2 Å². The first-order valence-electron chi connectivity index (χ1n) is 13.7. The van der Waals surface area contributed by atoms with E-state index < -0.39 is 11.2 Å². The van der Waals surface area contributed by atoms with Gasteiger partial charge in [-0.3, -0.25) is 0 Å². The predicted molar refractivity (Wildman–Crippen MR) is 165 cm³/mol. The molecular weight excluding hydrogens is 509 g/mol. The number of furan rings is 1. The van der Waals surface area contributed by atoms with E-state index in [1.165, 1.54) is 0 Å². The highest BCUT2D eigenvalue weighted by molar-refractivity contribution is 6.48. The van der Waals surface area contributed by atoms with Gasteiger partial charge in [-0.15, -0.1) is 0 Å². The summed E-state index contributed by atoms with van der Waals surface area (Å²) in [7, 11) is 1.69.